The lowest BCUT2D eigenvalue weighted by Crippen LogP contribution is -2.32. The molecule has 0 spiro atoms. The van der Waals surface area contributed by atoms with Gasteiger partial charge in [-0.2, -0.15) is 0 Å². The van der Waals surface area contributed by atoms with Gasteiger partial charge in [0.2, 0.25) is 0 Å². The van der Waals surface area contributed by atoms with Crippen molar-refractivity contribution < 1.29 is 19.1 Å². The average molecular weight is 562 g/mol. The Hall–Kier alpha value is -2.97. The van der Waals surface area contributed by atoms with Gasteiger partial charge in [0.15, 0.2) is 0 Å². The highest BCUT2D eigenvalue weighted by Crippen LogP contribution is 2.38. The SMILES string of the molecule is CC(C)OC(=O)c1ccc(N2C(=O)C(Nc3cc(Cl)cc(Cl)c3)=C(Sc3ccc(Cl)cc3)C2=O)cc1. The van der Waals surface area contributed by atoms with Crippen molar-refractivity contribution in [3.63, 3.8) is 0 Å². The molecule has 3 aromatic rings. The molecule has 3 aromatic carbocycles. The monoisotopic (exact) mass is 560 g/mol. The molecular formula is C26H19Cl3N2O4S. The first-order chi connectivity index (χ1) is 17.1. The third kappa shape index (κ3) is 5.87. The molecule has 0 atom stereocenters. The van der Waals surface area contributed by atoms with Crippen molar-refractivity contribution in [2.45, 2.75) is 24.8 Å². The van der Waals surface area contributed by atoms with E-state index in [9.17, 15) is 14.4 Å². The van der Waals surface area contributed by atoms with E-state index >= 15 is 0 Å². The lowest BCUT2D eigenvalue weighted by molar-refractivity contribution is -0.120. The van der Waals surface area contributed by atoms with Crippen molar-refractivity contribution in [1.29, 1.82) is 0 Å². The van der Waals surface area contributed by atoms with Crippen molar-refractivity contribution in [2.24, 2.45) is 0 Å². The number of amides is 2. The molecule has 10 heteroatoms. The summed E-state index contributed by atoms with van der Waals surface area (Å²) in [6.45, 7) is 3.50. The van der Waals surface area contributed by atoms with Crippen LogP contribution in [0.1, 0.15) is 24.2 Å². The normalized spacial score (nSPS) is 13.6. The fourth-order valence-corrected chi connectivity index (χ4v) is 4.95. The lowest BCUT2D eigenvalue weighted by atomic mass is 10.2. The largest absolute Gasteiger partial charge is 0.459 e. The van der Waals surface area contributed by atoms with Crippen LogP contribution in [0.25, 0.3) is 0 Å². The molecule has 0 bridgehead atoms. The fraction of sp³-hybridized carbons (Fsp3) is 0.115. The van der Waals surface area contributed by atoms with Crippen molar-refractivity contribution >= 4 is 75.7 Å². The number of thioether (sulfide) groups is 1. The zero-order valence-electron chi connectivity index (χ0n) is 19.1. The number of ether oxygens (including phenoxy) is 1. The highest BCUT2D eigenvalue weighted by Gasteiger charge is 2.40. The Kier molecular flexibility index (Phi) is 7.95. The van der Waals surface area contributed by atoms with E-state index in [0.717, 1.165) is 16.7 Å². The summed E-state index contributed by atoms with van der Waals surface area (Å²) in [4.78, 5) is 41.1. The summed E-state index contributed by atoms with van der Waals surface area (Å²) in [5.74, 6) is -1.58. The topological polar surface area (TPSA) is 75.7 Å². The van der Waals surface area contributed by atoms with Crippen molar-refractivity contribution in [2.75, 3.05) is 10.2 Å². The summed E-state index contributed by atoms with van der Waals surface area (Å²) < 4.78 is 5.20. The standard InChI is InChI=1S/C26H19Cl3N2O4S/c1-14(2)35-26(34)15-3-7-20(8-4-15)31-24(32)22(30-19-12-17(28)11-18(29)13-19)23(25(31)33)36-21-9-5-16(27)6-10-21/h3-14,30H,1-2H3. The maximum Gasteiger partial charge on any atom is 0.338 e. The Morgan fingerprint density at radius 1 is 0.861 bits per heavy atom. The van der Waals surface area contributed by atoms with Gasteiger partial charge in [0, 0.05) is 25.7 Å². The molecule has 0 radical (unpaired) electrons. The van der Waals surface area contributed by atoms with E-state index in [2.05, 4.69) is 5.32 Å². The average Bonchev–Trinajstić information content (AvgIpc) is 3.03. The van der Waals surface area contributed by atoms with E-state index in [1.54, 1.807) is 56.3 Å². The van der Waals surface area contributed by atoms with E-state index in [4.69, 9.17) is 39.5 Å². The maximum atomic E-state index is 13.5. The van der Waals surface area contributed by atoms with E-state index < -0.39 is 17.8 Å². The van der Waals surface area contributed by atoms with Crippen LogP contribution >= 0.6 is 46.6 Å². The van der Waals surface area contributed by atoms with Crippen LogP contribution in [0.15, 0.2) is 82.2 Å². The Labute approximate surface area is 227 Å². The second kappa shape index (κ2) is 11.0. The van der Waals surface area contributed by atoms with Gasteiger partial charge < -0.3 is 10.1 Å². The quantitative estimate of drug-likeness (QED) is 0.243. The lowest BCUT2D eigenvalue weighted by Gasteiger charge is -2.16. The summed E-state index contributed by atoms with van der Waals surface area (Å²) >= 11 is 19.4. The van der Waals surface area contributed by atoms with Gasteiger partial charge in [-0.1, -0.05) is 46.6 Å². The molecule has 0 aliphatic carbocycles. The zero-order chi connectivity index (χ0) is 26.0. The third-order valence-corrected chi connectivity index (χ3v) is 6.69. The van der Waals surface area contributed by atoms with E-state index in [0.29, 0.717) is 36.9 Å². The highest BCUT2D eigenvalue weighted by molar-refractivity contribution is 8.04. The van der Waals surface area contributed by atoms with Crippen LogP contribution in [0.3, 0.4) is 0 Å². The van der Waals surface area contributed by atoms with Gasteiger partial charge in [0.25, 0.3) is 11.8 Å². The number of benzene rings is 3. The van der Waals surface area contributed by atoms with Gasteiger partial charge in [-0.15, -0.1) is 0 Å². The summed E-state index contributed by atoms with van der Waals surface area (Å²) in [6, 6.07) is 17.7. The summed E-state index contributed by atoms with van der Waals surface area (Å²) in [5.41, 5.74) is 1.14. The Morgan fingerprint density at radius 3 is 2.06 bits per heavy atom. The molecule has 0 saturated carbocycles. The van der Waals surface area contributed by atoms with Crippen molar-refractivity contribution in [1.82, 2.24) is 0 Å². The first-order valence-electron chi connectivity index (χ1n) is 10.7. The molecule has 36 heavy (non-hydrogen) atoms. The zero-order valence-corrected chi connectivity index (χ0v) is 22.1. The molecule has 4 rings (SSSR count). The molecule has 184 valence electrons. The fourth-order valence-electron chi connectivity index (χ4n) is 3.37. The molecule has 6 nitrogen and oxygen atoms in total. The van der Waals surface area contributed by atoms with Gasteiger partial charge in [0.1, 0.15) is 10.6 Å². The Balaban J connectivity index is 1.69. The summed E-state index contributed by atoms with van der Waals surface area (Å²) in [5, 5.41) is 4.30. The third-order valence-electron chi connectivity index (χ3n) is 4.91. The number of carbonyl (C=O) groups excluding carboxylic acids is 3. The molecule has 2 amide bonds. The number of nitrogens with zero attached hydrogens (tertiary/aromatic N) is 1. The smallest absolute Gasteiger partial charge is 0.338 e. The van der Waals surface area contributed by atoms with Crippen LogP contribution < -0.4 is 10.2 Å². The number of hydrogen-bond donors (Lipinski definition) is 1. The molecular weight excluding hydrogens is 543 g/mol. The summed E-state index contributed by atoms with van der Waals surface area (Å²) in [7, 11) is 0. The van der Waals surface area contributed by atoms with E-state index in [-0.39, 0.29) is 16.7 Å². The Bertz CT molecular complexity index is 1350. The van der Waals surface area contributed by atoms with E-state index in [1.165, 1.54) is 24.3 Å². The number of hydrogen-bond acceptors (Lipinski definition) is 6. The molecule has 1 aliphatic heterocycles. The number of esters is 1. The minimum atomic E-state index is -0.565. The maximum absolute atomic E-state index is 13.5. The van der Waals surface area contributed by atoms with Gasteiger partial charge in [-0.25, -0.2) is 9.69 Å². The molecule has 0 saturated heterocycles. The number of carbonyl (C=O) groups is 3. The summed E-state index contributed by atoms with van der Waals surface area (Å²) in [6.07, 6.45) is -0.274. The highest BCUT2D eigenvalue weighted by atomic mass is 35.5. The number of imide groups is 1. The number of rotatable bonds is 7. The van der Waals surface area contributed by atoms with Crippen LogP contribution in [0.4, 0.5) is 11.4 Å². The van der Waals surface area contributed by atoms with E-state index in [1.807, 2.05) is 0 Å². The molecule has 0 fully saturated rings. The van der Waals surface area contributed by atoms with Crippen LogP contribution in [0, 0.1) is 0 Å². The van der Waals surface area contributed by atoms with Crippen molar-refractivity contribution in [3.8, 4) is 0 Å². The molecule has 1 aliphatic rings. The second-order valence-corrected chi connectivity index (χ2v) is 10.4. The van der Waals surface area contributed by atoms with Crippen LogP contribution in [0.2, 0.25) is 15.1 Å². The van der Waals surface area contributed by atoms with Gasteiger partial charge >= 0.3 is 5.97 Å². The predicted molar refractivity (Wildman–Crippen MR) is 144 cm³/mol. The first-order valence-corrected chi connectivity index (χ1v) is 12.7. The van der Waals surface area contributed by atoms with Crippen molar-refractivity contribution in [3.05, 3.63) is 98.0 Å². The predicted octanol–water partition coefficient (Wildman–Crippen LogP) is 7.20. The first kappa shape index (κ1) is 26.1. The Morgan fingerprint density at radius 2 is 1.47 bits per heavy atom. The molecule has 1 heterocycles. The number of anilines is 2. The molecule has 0 aromatic heterocycles. The van der Waals surface area contributed by atoms with Crippen LogP contribution in [0.5, 0.6) is 0 Å². The molecule has 0 unspecified atom stereocenters. The minimum absolute atomic E-state index is 0.0709. The van der Waals surface area contributed by atoms with Crippen LogP contribution in [-0.4, -0.2) is 23.9 Å². The van der Waals surface area contributed by atoms with Gasteiger partial charge in [-0.05, 0) is 80.6 Å². The number of halogens is 3. The molecule has 1 N–H and O–H groups in total. The minimum Gasteiger partial charge on any atom is -0.459 e. The van der Waals surface area contributed by atoms with Gasteiger partial charge in [-0.3, -0.25) is 9.59 Å². The number of nitrogens with one attached hydrogen (secondary N) is 1. The van der Waals surface area contributed by atoms with Gasteiger partial charge in [0.05, 0.1) is 17.4 Å². The van der Waals surface area contributed by atoms with Crippen LogP contribution in [-0.2, 0) is 14.3 Å². The second-order valence-electron chi connectivity index (χ2n) is 7.99.